The maximum absolute atomic E-state index is 8.65. The Balaban J connectivity index is 0.000000426. The van der Waals surface area contributed by atoms with Gasteiger partial charge in [0.2, 0.25) is 0 Å². The molecule has 0 amide bonds. The Morgan fingerprint density at radius 3 is 2.10 bits per heavy atom. The van der Waals surface area contributed by atoms with E-state index in [0.717, 1.165) is 43.7 Å². The van der Waals surface area contributed by atoms with Gasteiger partial charge >= 0.3 is 0 Å². The number of pyridine rings is 1. The molecule has 1 heterocycles. The number of anilines is 2. The van der Waals surface area contributed by atoms with Crippen molar-refractivity contribution < 1.29 is 0 Å². The lowest BCUT2D eigenvalue weighted by atomic mass is 10.1. The van der Waals surface area contributed by atoms with Gasteiger partial charge in [-0.2, -0.15) is 5.26 Å². The number of benzene rings is 2. The number of hydrogen-bond donors (Lipinski definition) is 3. The number of nitriles is 1. The molecule has 1 aromatic heterocycles. The van der Waals surface area contributed by atoms with E-state index >= 15 is 0 Å². The molecule has 0 saturated heterocycles. The molecule has 0 aliphatic heterocycles. The van der Waals surface area contributed by atoms with Crippen molar-refractivity contribution in [3.63, 3.8) is 0 Å². The molecule has 3 rings (SSSR count). The first-order valence-electron chi connectivity index (χ1n) is 9.89. The zero-order valence-corrected chi connectivity index (χ0v) is 16.7. The Bertz CT molecular complexity index is 814. The molecular formula is C24H29N5. The molecule has 0 aliphatic carbocycles. The van der Waals surface area contributed by atoms with Crippen LogP contribution in [-0.2, 0) is 12.8 Å². The molecule has 0 saturated carbocycles. The van der Waals surface area contributed by atoms with Gasteiger partial charge in [-0.25, -0.2) is 4.98 Å². The van der Waals surface area contributed by atoms with Gasteiger partial charge in [-0.1, -0.05) is 60.7 Å². The van der Waals surface area contributed by atoms with Gasteiger partial charge in [0.05, 0.1) is 18.2 Å². The molecule has 0 radical (unpaired) electrons. The van der Waals surface area contributed by atoms with Crippen LogP contribution in [-0.4, -0.2) is 24.6 Å². The minimum atomic E-state index is 0.479. The lowest BCUT2D eigenvalue weighted by Crippen LogP contribution is -2.20. The van der Waals surface area contributed by atoms with Crippen molar-refractivity contribution >= 4 is 11.5 Å². The third-order valence-electron chi connectivity index (χ3n) is 4.25. The van der Waals surface area contributed by atoms with Crippen molar-refractivity contribution in [2.45, 2.75) is 19.3 Å². The molecule has 0 spiro atoms. The first kappa shape index (κ1) is 21.9. The zero-order valence-electron chi connectivity index (χ0n) is 16.7. The Morgan fingerprint density at radius 2 is 1.48 bits per heavy atom. The van der Waals surface area contributed by atoms with Gasteiger partial charge in [0.15, 0.2) is 0 Å². The first-order valence-corrected chi connectivity index (χ1v) is 9.89. The van der Waals surface area contributed by atoms with E-state index in [4.69, 9.17) is 11.0 Å². The van der Waals surface area contributed by atoms with Gasteiger partial charge in [0.1, 0.15) is 5.82 Å². The van der Waals surface area contributed by atoms with E-state index in [1.807, 2.05) is 60.7 Å². The molecule has 5 heteroatoms. The van der Waals surface area contributed by atoms with Crippen LogP contribution < -0.4 is 16.4 Å². The maximum atomic E-state index is 8.65. The van der Waals surface area contributed by atoms with Gasteiger partial charge in [-0.3, -0.25) is 0 Å². The summed E-state index contributed by atoms with van der Waals surface area (Å²) in [4.78, 5) is 4.04. The summed E-state index contributed by atoms with van der Waals surface area (Å²) in [7, 11) is 0. The topological polar surface area (TPSA) is 86.8 Å². The molecule has 4 N–H and O–H groups in total. The highest BCUT2D eigenvalue weighted by atomic mass is 15.0. The molecule has 5 nitrogen and oxygen atoms in total. The molecule has 0 bridgehead atoms. The van der Waals surface area contributed by atoms with E-state index in [2.05, 4.69) is 33.8 Å². The molecule has 29 heavy (non-hydrogen) atoms. The van der Waals surface area contributed by atoms with Crippen LogP contribution in [0.2, 0.25) is 0 Å². The largest absolute Gasteiger partial charge is 0.382 e. The number of nitrogens with one attached hydrogen (secondary N) is 2. The van der Waals surface area contributed by atoms with E-state index in [-0.39, 0.29) is 0 Å². The molecule has 2 aromatic carbocycles. The second-order valence-corrected chi connectivity index (χ2v) is 6.52. The lowest BCUT2D eigenvalue weighted by molar-refractivity contribution is 0.660. The third-order valence-corrected chi connectivity index (χ3v) is 4.25. The first-order chi connectivity index (χ1) is 14.3. The predicted octanol–water partition coefficient (Wildman–Crippen LogP) is 4.05. The number of nitrogen functional groups attached to an aromatic ring is 1. The highest BCUT2D eigenvalue weighted by Crippen LogP contribution is 2.12. The average molecular weight is 388 g/mol. The Kier molecular flexibility index (Phi) is 10.4. The summed E-state index contributed by atoms with van der Waals surface area (Å²) in [5, 5.41) is 15.4. The summed E-state index contributed by atoms with van der Waals surface area (Å²) in [5.74, 6) is 0.542. The van der Waals surface area contributed by atoms with Crippen LogP contribution in [0.25, 0.3) is 0 Å². The van der Waals surface area contributed by atoms with Gasteiger partial charge < -0.3 is 16.4 Å². The van der Waals surface area contributed by atoms with Crippen molar-refractivity contribution in [3.05, 3.63) is 90.1 Å². The quantitative estimate of drug-likeness (QED) is 0.482. The van der Waals surface area contributed by atoms with Gasteiger partial charge in [-0.15, -0.1) is 0 Å². The monoisotopic (exact) mass is 387 g/mol. The van der Waals surface area contributed by atoms with Crippen molar-refractivity contribution in [1.82, 2.24) is 10.3 Å². The highest BCUT2D eigenvalue weighted by molar-refractivity contribution is 5.60. The number of rotatable bonds is 9. The molecule has 3 aromatic rings. The van der Waals surface area contributed by atoms with Crippen molar-refractivity contribution in [1.29, 1.82) is 5.26 Å². The van der Waals surface area contributed by atoms with Crippen LogP contribution in [0.5, 0.6) is 0 Å². The molecule has 0 fully saturated rings. The minimum absolute atomic E-state index is 0.479. The summed E-state index contributed by atoms with van der Waals surface area (Å²) in [6, 6.07) is 26.2. The second-order valence-electron chi connectivity index (χ2n) is 6.52. The smallest absolute Gasteiger partial charge is 0.146 e. The fourth-order valence-corrected chi connectivity index (χ4v) is 2.66. The highest BCUT2D eigenvalue weighted by Gasteiger charge is 1.98. The molecule has 150 valence electrons. The van der Waals surface area contributed by atoms with E-state index in [1.165, 1.54) is 5.56 Å². The van der Waals surface area contributed by atoms with Gasteiger partial charge in [0, 0.05) is 12.7 Å². The van der Waals surface area contributed by atoms with Gasteiger partial charge in [0.25, 0.3) is 0 Å². The van der Waals surface area contributed by atoms with Crippen LogP contribution in [0, 0.1) is 11.3 Å². The van der Waals surface area contributed by atoms with Gasteiger partial charge in [-0.05, 0) is 49.2 Å². The zero-order chi connectivity index (χ0) is 20.6. The van der Waals surface area contributed by atoms with Crippen LogP contribution in [0.15, 0.2) is 79.0 Å². The Hall–Kier alpha value is -3.36. The average Bonchev–Trinajstić information content (AvgIpc) is 2.77. The summed E-state index contributed by atoms with van der Waals surface area (Å²) >= 11 is 0. The fourth-order valence-electron chi connectivity index (χ4n) is 2.66. The van der Waals surface area contributed by atoms with E-state index < -0.39 is 0 Å². The summed E-state index contributed by atoms with van der Waals surface area (Å²) in [6.07, 6.45) is 4.19. The maximum Gasteiger partial charge on any atom is 0.146 e. The SMILES string of the molecule is N#CCc1ccc(CCNCCCNc2cccnc2N)cc1.c1ccccc1. The van der Waals surface area contributed by atoms with Crippen molar-refractivity contribution in [2.75, 3.05) is 30.7 Å². The molecule has 0 unspecified atom stereocenters. The summed E-state index contributed by atoms with van der Waals surface area (Å²) < 4.78 is 0. The molecular weight excluding hydrogens is 358 g/mol. The number of aromatic nitrogens is 1. The van der Waals surface area contributed by atoms with Crippen molar-refractivity contribution in [3.8, 4) is 6.07 Å². The summed E-state index contributed by atoms with van der Waals surface area (Å²) in [5.41, 5.74) is 9.03. The van der Waals surface area contributed by atoms with Crippen LogP contribution >= 0.6 is 0 Å². The minimum Gasteiger partial charge on any atom is -0.382 e. The Morgan fingerprint density at radius 1 is 0.828 bits per heavy atom. The molecule has 0 aliphatic rings. The van der Waals surface area contributed by atoms with E-state index in [0.29, 0.717) is 12.2 Å². The van der Waals surface area contributed by atoms with E-state index in [1.54, 1.807) is 6.20 Å². The molecule has 0 atom stereocenters. The lowest BCUT2D eigenvalue weighted by Gasteiger charge is -2.09. The number of nitrogens with two attached hydrogens (primary N) is 1. The normalized spacial score (nSPS) is 9.76. The third kappa shape index (κ3) is 9.41. The Labute approximate surface area is 173 Å². The van der Waals surface area contributed by atoms with Crippen LogP contribution in [0.4, 0.5) is 11.5 Å². The van der Waals surface area contributed by atoms with E-state index in [9.17, 15) is 0 Å². The predicted molar refractivity (Wildman–Crippen MR) is 121 cm³/mol. The second kappa shape index (κ2) is 13.8. The van der Waals surface area contributed by atoms with Crippen molar-refractivity contribution in [2.24, 2.45) is 0 Å². The van der Waals surface area contributed by atoms with Crippen LogP contribution in [0.1, 0.15) is 17.5 Å². The fraction of sp³-hybridized carbons (Fsp3) is 0.250. The summed E-state index contributed by atoms with van der Waals surface area (Å²) in [6.45, 7) is 2.78. The number of nitrogens with zero attached hydrogens (tertiary/aromatic N) is 2. The van der Waals surface area contributed by atoms with Crippen LogP contribution in [0.3, 0.4) is 0 Å². The standard InChI is InChI=1S/C18H23N5.C6H6/c19-10-8-15-4-6-16(7-5-15)9-14-21-11-2-13-22-17-3-1-12-23-18(17)20;1-2-4-6-5-3-1/h1,3-7,12,21-22H,2,8-9,11,13-14H2,(H2,20,23);1-6H. The number of hydrogen-bond acceptors (Lipinski definition) is 5.